The summed E-state index contributed by atoms with van der Waals surface area (Å²) in [6.45, 7) is 9.89. The van der Waals surface area contributed by atoms with Gasteiger partial charge in [0.1, 0.15) is 23.6 Å². The summed E-state index contributed by atoms with van der Waals surface area (Å²) in [5.41, 5.74) is 4.26. The summed E-state index contributed by atoms with van der Waals surface area (Å²) in [5.74, 6) is 1.49. The molecule has 3 aromatic rings. The van der Waals surface area contributed by atoms with Gasteiger partial charge < -0.3 is 19.9 Å². The highest BCUT2D eigenvalue weighted by Crippen LogP contribution is 2.29. The van der Waals surface area contributed by atoms with Gasteiger partial charge in [-0.1, -0.05) is 29.8 Å². The first-order chi connectivity index (χ1) is 15.5. The molecular formula is C24H30N6O2. The fourth-order valence-corrected chi connectivity index (χ4v) is 3.78. The number of aryl methyl sites for hydroxylation is 2. The molecule has 0 bridgehead atoms. The van der Waals surface area contributed by atoms with Crippen LogP contribution in [0.3, 0.4) is 0 Å². The second-order valence-electron chi connectivity index (χ2n) is 7.94. The second-order valence-corrected chi connectivity index (χ2v) is 7.94. The van der Waals surface area contributed by atoms with Gasteiger partial charge in [0.15, 0.2) is 0 Å². The Bertz CT molecular complexity index is 1050. The molecular weight excluding hydrogens is 404 g/mol. The van der Waals surface area contributed by atoms with Crippen molar-refractivity contribution in [1.29, 1.82) is 0 Å². The first-order valence-electron chi connectivity index (χ1n) is 11.0. The van der Waals surface area contributed by atoms with Crippen LogP contribution in [0.4, 0.5) is 10.5 Å². The molecule has 1 aliphatic rings. The van der Waals surface area contributed by atoms with E-state index in [9.17, 15) is 4.79 Å². The van der Waals surface area contributed by atoms with Gasteiger partial charge in [0.2, 0.25) is 0 Å². The number of piperazine rings is 1. The summed E-state index contributed by atoms with van der Waals surface area (Å²) in [7, 11) is 0. The average Bonchev–Trinajstić information content (AvgIpc) is 3.25. The molecule has 1 N–H and O–H groups in total. The molecule has 0 saturated carbocycles. The molecule has 8 heteroatoms. The minimum atomic E-state index is -0.0165. The predicted octanol–water partition coefficient (Wildman–Crippen LogP) is 3.31. The molecule has 2 aromatic carbocycles. The van der Waals surface area contributed by atoms with Crippen molar-refractivity contribution in [1.82, 2.24) is 25.0 Å². The summed E-state index contributed by atoms with van der Waals surface area (Å²) in [6, 6.07) is 14.3. The minimum Gasteiger partial charge on any atom is -0.492 e. The zero-order chi connectivity index (χ0) is 22.5. The van der Waals surface area contributed by atoms with Crippen molar-refractivity contribution < 1.29 is 9.53 Å². The number of amides is 2. The molecule has 8 nitrogen and oxygen atoms in total. The summed E-state index contributed by atoms with van der Waals surface area (Å²) >= 11 is 0. The lowest BCUT2D eigenvalue weighted by Crippen LogP contribution is -2.51. The topological polar surface area (TPSA) is 75.5 Å². The Labute approximate surface area is 188 Å². The van der Waals surface area contributed by atoms with Crippen LogP contribution in [0.25, 0.3) is 5.69 Å². The quantitative estimate of drug-likeness (QED) is 0.644. The molecule has 0 unspecified atom stereocenters. The molecule has 1 fully saturated rings. The molecule has 168 valence electrons. The van der Waals surface area contributed by atoms with Crippen LogP contribution in [0, 0.1) is 13.8 Å². The zero-order valence-electron chi connectivity index (χ0n) is 18.9. The number of hydrogen-bond donors (Lipinski definition) is 1. The molecule has 0 atom stereocenters. The van der Waals surface area contributed by atoms with Crippen LogP contribution in [0.2, 0.25) is 0 Å². The normalized spacial score (nSPS) is 13.8. The fraction of sp³-hybridized carbons (Fsp3) is 0.375. The van der Waals surface area contributed by atoms with Gasteiger partial charge in [-0.2, -0.15) is 5.10 Å². The maximum atomic E-state index is 12.6. The lowest BCUT2D eigenvalue weighted by atomic mass is 10.1. The van der Waals surface area contributed by atoms with E-state index < -0.39 is 0 Å². The summed E-state index contributed by atoms with van der Waals surface area (Å²) in [4.78, 5) is 21.0. The van der Waals surface area contributed by atoms with E-state index in [1.807, 2.05) is 43.0 Å². The van der Waals surface area contributed by atoms with E-state index in [0.29, 0.717) is 32.1 Å². The van der Waals surface area contributed by atoms with Gasteiger partial charge in [-0.3, -0.25) is 0 Å². The van der Waals surface area contributed by atoms with Crippen molar-refractivity contribution >= 4 is 11.7 Å². The molecule has 1 aliphatic heterocycles. The monoisotopic (exact) mass is 434 g/mol. The molecule has 0 spiro atoms. The van der Waals surface area contributed by atoms with Crippen molar-refractivity contribution in [3.63, 3.8) is 0 Å². The average molecular weight is 435 g/mol. The number of aromatic nitrogens is 3. The summed E-state index contributed by atoms with van der Waals surface area (Å²) in [5, 5.41) is 7.43. The molecule has 0 radical (unpaired) electrons. The van der Waals surface area contributed by atoms with Crippen molar-refractivity contribution in [3.05, 3.63) is 65.7 Å². The van der Waals surface area contributed by atoms with Crippen LogP contribution < -0.4 is 15.0 Å². The lowest BCUT2D eigenvalue weighted by Gasteiger charge is -2.36. The number of nitrogens with zero attached hydrogens (tertiary/aromatic N) is 5. The molecule has 4 rings (SSSR count). The van der Waals surface area contributed by atoms with Crippen LogP contribution in [-0.4, -0.2) is 58.5 Å². The maximum Gasteiger partial charge on any atom is 0.317 e. The Morgan fingerprint density at radius 2 is 1.81 bits per heavy atom. The van der Waals surface area contributed by atoms with E-state index in [4.69, 9.17) is 4.74 Å². The van der Waals surface area contributed by atoms with Crippen molar-refractivity contribution in [2.45, 2.75) is 27.3 Å². The molecule has 1 saturated heterocycles. The predicted molar refractivity (Wildman–Crippen MR) is 124 cm³/mol. The first-order valence-corrected chi connectivity index (χ1v) is 11.0. The number of benzene rings is 2. The number of ether oxygens (including phenoxy) is 1. The van der Waals surface area contributed by atoms with E-state index in [1.165, 1.54) is 5.56 Å². The van der Waals surface area contributed by atoms with Gasteiger partial charge in [-0.15, -0.1) is 0 Å². The maximum absolute atomic E-state index is 12.6. The van der Waals surface area contributed by atoms with Crippen LogP contribution in [0.5, 0.6) is 5.75 Å². The van der Waals surface area contributed by atoms with Gasteiger partial charge >= 0.3 is 6.03 Å². The number of hydrogen-bond acceptors (Lipinski definition) is 5. The van der Waals surface area contributed by atoms with Gasteiger partial charge in [-0.05, 0) is 38.5 Å². The van der Waals surface area contributed by atoms with Crippen LogP contribution >= 0.6 is 0 Å². The highest BCUT2D eigenvalue weighted by atomic mass is 16.5. The number of anilines is 1. The SMILES string of the molecule is CCOc1cc(N2CCN(C(=O)NCc3ccc(C)cc3)CC2)ccc1-n1cnc(C)n1. The smallest absolute Gasteiger partial charge is 0.317 e. The van der Waals surface area contributed by atoms with Crippen molar-refractivity contribution in [2.75, 3.05) is 37.7 Å². The van der Waals surface area contributed by atoms with Crippen LogP contribution in [0.1, 0.15) is 23.9 Å². The van der Waals surface area contributed by atoms with E-state index in [2.05, 4.69) is 45.4 Å². The van der Waals surface area contributed by atoms with E-state index in [1.54, 1.807) is 11.0 Å². The number of carbonyl (C=O) groups excluding carboxylic acids is 1. The first kappa shape index (κ1) is 21.7. The lowest BCUT2D eigenvalue weighted by molar-refractivity contribution is 0.194. The minimum absolute atomic E-state index is 0.0165. The van der Waals surface area contributed by atoms with Gasteiger partial charge in [0.05, 0.1) is 6.61 Å². The Morgan fingerprint density at radius 1 is 1.06 bits per heavy atom. The Hall–Kier alpha value is -3.55. The van der Waals surface area contributed by atoms with E-state index in [0.717, 1.165) is 35.8 Å². The number of urea groups is 1. The van der Waals surface area contributed by atoms with Gasteiger partial charge in [0, 0.05) is 44.5 Å². The third-order valence-electron chi connectivity index (χ3n) is 5.59. The van der Waals surface area contributed by atoms with Crippen LogP contribution in [-0.2, 0) is 6.54 Å². The number of nitrogens with one attached hydrogen (secondary N) is 1. The largest absolute Gasteiger partial charge is 0.492 e. The molecule has 1 aromatic heterocycles. The molecule has 2 heterocycles. The highest BCUT2D eigenvalue weighted by Gasteiger charge is 2.22. The summed E-state index contributed by atoms with van der Waals surface area (Å²) < 4.78 is 7.62. The fourth-order valence-electron chi connectivity index (χ4n) is 3.78. The number of carbonyl (C=O) groups is 1. The highest BCUT2D eigenvalue weighted by molar-refractivity contribution is 5.74. The second kappa shape index (κ2) is 9.72. The third kappa shape index (κ3) is 5.01. The Morgan fingerprint density at radius 3 is 2.47 bits per heavy atom. The van der Waals surface area contributed by atoms with Gasteiger partial charge in [-0.25, -0.2) is 14.5 Å². The summed E-state index contributed by atoms with van der Waals surface area (Å²) in [6.07, 6.45) is 1.70. The van der Waals surface area contributed by atoms with Crippen molar-refractivity contribution in [3.8, 4) is 11.4 Å². The number of rotatable bonds is 6. The van der Waals surface area contributed by atoms with Crippen molar-refractivity contribution in [2.24, 2.45) is 0 Å². The molecule has 2 amide bonds. The van der Waals surface area contributed by atoms with Gasteiger partial charge in [0.25, 0.3) is 0 Å². The molecule has 32 heavy (non-hydrogen) atoms. The Balaban J connectivity index is 1.36. The van der Waals surface area contributed by atoms with Crippen LogP contribution in [0.15, 0.2) is 48.8 Å². The van der Waals surface area contributed by atoms with E-state index in [-0.39, 0.29) is 6.03 Å². The zero-order valence-corrected chi connectivity index (χ0v) is 18.9. The third-order valence-corrected chi connectivity index (χ3v) is 5.59. The van der Waals surface area contributed by atoms with E-state index >= 15 is 0 Å². The standard InChI is InChI=1S/C24H30N6O2/c1-4-32-23-15-21(9-10-22(23)30-17-26-19(3)27-30)28-11-13-29(14-12-28)24(31)25-16-20-7-5-18(2)6-8-20/h5-10,15,17H,4,11-14,16H2,1-3H3,(H,25,31). The Kier molecular flexibility index (Phi) is 6.58. The molecule has 0 aliphatic carbocycles.